The number of anilines is 1. The fourth-order valence-corrected chi connectivity index (χ4v) is 1.76. The summed E-state index contributed by atoms with van der Waals surface area (Å²) < 4.78 is 1.39. The third-order valence-electron chi connectivity index (χ3n) is 2.38. The summed E-state index contributed by atoms with van der Waals surface area (Å²) in [5.74, 6) is 0.0857. The maximum atomic E-state index is 11.7. The van der Waals surface area contributed by atoms with E-state index >= 15 is 0 Å². The third kappa shape index (κ3) is 2.03. The highest BCUT2D eigenvalue weighted by Gasteiger charge is 2.10. The third-order valence-corrected chi connectivity index (χ3v) is 3.15. The molecule has 0 aliphatic heterocycles. The van der Waals surface area contributed by atoms with Crippen LogP contribution in [0, 0.1) is 6.92 Å². The molecule has 0 aliphatic carbocycles. The minimum absolute atomic E-state index is 0.0857. The number of nitrogens with two attached hydrogens (primary N) is 1. The topological polar surface area (TPSA) is 80.9 Å². The molecule has 1 heterocycles. The van der Waals surface area contributed by atoms with Gasteiger partial charge in [0.25, 0.3) is 5.56 Å². The van der Waals surface area contributed by atoms with Crippen LogP contribution in [0.2, 0.25) is 0 Å². The van der Waals surface area contributed by atoms with E-state index in [1.54, 1.807) is 12.1 Å². The number of nitrogen functional groups attached to an aromatic ring is 1. The number of nitrogens with one attached hydrogen (secondary N) is 1. The highest BCUT2D eigenvalue weighted by molar-refractivity contribution is 9.10. The standard InChI is InChI=1S/C11H10BrN3O2/c1-6-2-4-7(5-3-6)15-9(13)8(12)10(16)14-11(15)17/h2-5H,13H2,1H3,(H,14,16,17). The number of aromatic amines is 1. The normalized spacial score (nSPS) is 10.5. The van der Waals surface area contributed by atoms with Crippen molar-refractivity contribution in [2.24, 2.45) is 0 Å². The Labute approximate surface area is 105 Å². The van der Waals surface area contributed by atoms with Crippen molar-refractivity contribution in [2.75, 3.05) is 5.73 Å². The van der Waals surface area contributed by atoms with Crippen LogP contribution >= 0.6 is 15.9 Å². The molecule has 2 aromatic rings. The zero-order valence-corrected chi connectivity index (χ0v) is 10.6. The van der Waals surface area contributed by atoms with E-state index in [-0.39, 0.29) is 10.3 Å². The SMILES string of the molecule is Cc1ccc(-n2c(N)c(Br)c(=O)[nH]c2=O)cc1. The number of rotatable bonds is 1. The number of halogens is 1. The maximum absolute atomic E-state index is 11.7. The van der Waals surface area contributed by atoms with Gasteiger partial charge in [0.05, 0.1) is 5.69 Å². The van der Waals surface area contributed by atoms with Crippen molar-refractivity contribution in [3.05, 3.63) is 55.1 Å². The molecule has 1 aromatic carbocycles. The highest BCUT2D eigenvalue weighted by atomic mass is 79.9. The molecule has 1 aromatic heterocycles. The van der Waals surface area contributed by atoms with Gasteiger partial charge in [0, 0.05) is 0 Å². The first-order valence-corrected chi connectivity index (χ1v) is 5.67. The molecule has 0 spiro atoms. The predicted molar refractivity (Wildman–Crippen MR) is 69.5 cm³/mol. The molecule has 0 bridgehead atoms. The van der Waals surface area contributed by atoms with Crippen LogP contribution < -0.4 is 17.0 Å². The quantitative estimate of drug-likeness (QED) is 0.829. The summed E-state index contributed by atoms with van der Waals surface area (Å²) in [5, 5.41) is 0. The van der Waals surface area contributed by atoms with Crippen LogP contribution in [0.1, 0.15) is 5.56 Å². The zero-order valence-electron chi connectivity index (χ0n) is 9.03. The van der Waals surface area contributed by atoms with Gasteiger partial charge in [-0.2, -0.15) is 0 Å². The number of nitrogens with zero attached hydrogens (tertiary/aromatic N) is 1. The van der Waals surface area contributed by atoms with Crippen LogP contribution in [0.15, 0.2) is 38.3 Å². The van der Waals surface area contributed by atoms with Gasteiger partial charge in [0.15, 0.2) is 0 Å². The van der Waals surface area contributed by atoms with E-state index in [4.69, 9.17) is 5.73 Å². The lowest BCUT2D eigenvalue weighted by Crippen LogP contribution is -2.31. The van der Waals surface area contributed by atoms with E-state index in [1.165, 1.54) is 4.57 Å². The molecule has 0 radical (unpaired) electrons. The molecule has 3 N–H and O–H groups in total. The van der Waals surface area contributed by atoms with Crippen LogP contribution in [0.25, 0.3) is 5.69 Å². The van der Waals surface area contributed by atoms with Crippen molar-refractivity contribution in [3.8, 4) is 5.69 Å². The van der Waals surface area contributed by atoms with Crippen LogP contribution in [-0.4, -0.2) is 9.55 Å². The van der Waals surface area contributed by atoms with E-state index in [1.807, 2.05) is 19.1 Å². The van der Waals surface area contributed by atoms with Crippen LogP contribution in [-0.2, 0) is 0 Å². The second-order valence-electron chi connectivity index (χ2n) is 3.63. The molecule has 0 atom stereocenters. The first-order chi connectivity index (χ1) is 8.00. The van der Waals surface area contributed by atoms with Crippen LogP contribution in [0.3, 0.4) is 0 Å². The molecule has 0 fully saturated rings. The van der Waals surface area contributed by atoms with Gasteiger partial charge in [-0.25, -0.2) is 9.36 Å². The van der Waals surface area contributed by atoms with Gasteiger partial charge in [-0.15, -0.1) is 0 Å². The van der Waals surface area contributed by atoms with Crippen molar-refractivity contribution in [1.29, 1.82) is 0 Å². The highest BCUT2D eigenvalue weighted by Crippen LogP contribution is 2.16. The van der Waals surface area contributed by atoms with Gasteiger partial charge in [0.1, 0.15) is 10.3 Å². The number of aryl methyl sites for hydroxylation is 1. The van der Waals surface area contributed by atoms with Crippen molar-refractivity contribution < 1.29 is 0 Å². The molecular formula is C11H10BrN3O2. The molecule has 0 amide bonds. The van der Waals surface area contributed by atoms with Crippen LogP contribution in [0.4, 0.5) is 5.82 Å². The van der Waals surface area contributed by atoms with Crippen molar-refractivity contribution in [1.82, 2.24) is 9.55 Å². The minimum Gasteiger partial charge on any atom is -0.384 e. The second-order valence-corrected chi connectivity index (χ2v) is 4.42. The Morgan fingerprint density at radius 3 is 2.41 bits per heavy atom. The summed E-state index contributed by atoms with van der Waals surface area (Å²) in [6.45, 7) is 1.94. The monoisotopic (exact) mass is 295 g/mol. The lowest BCUT2D eigenvalue weighted by Gasteiger charge is -2.09. The van der Waals surface area contributed by atoms with E-state index in [0.29, 0.717) is 5.69 Å². The summed E-state index contributed by atoms with van der Waals surface area (Å²) >= 11 is 3.05. The molecule has 6 heteroatoms. The molecular weight excluding hydrogens is 286 g/mol. The summed E-state index contributed by atoms with van der Waals surface area (Å²) in [7, 11) is 0. The molecule has 88 valence electrons. The second kappa shape index (κ2) is 4.21. The Balaban J connectivity index is 2.76. The maximum Gasteiger partial charge on any atom is 0.334 e. The first kappa shape index (κ1) is 11.7. The minimum atomic E-state index is -0.556. The van der Waals surface area contributed by atoms with Crippen molar-refractivity contribution >= 4 is 21.7 Å². The van der Waals surface area contributed by atoms with Crippen molar-refractivity contribution in [2.45, 2.75) is 6.92 Å². The zero-order chi connectivity index (χ0) is 12.6. The summed E-state index contributed by atoms with van der Waals surface area (Å²) in [5.41, 5.74) is 6.34. The molecule has 0 aliphatic rings. The van der Waals surface area contributed by atoms with Gasteiger partial charge < -0.3 is 5.73 Å². The molecule has 0 unspecified atom stereocenters. The Morgan fingerprint density at radius 1 is 1.24 bits per heavy atom. The summed E-state index contributed by atoms with van der Waals surface area (Å²) in [6, 6.07) is 7.25. The summed E-state index contributed by atoms with van der Waals surface area (Å²) in [6.07, 6.45) is 0. The molecule has 0 saturated carbocycles. The fourth-order valence-electron chi connectivity index (χ4n) is 1.48. The van der Waals surface area contributed by atoms with Gasteiger partial charge in [-0.05, 0) is 35.0 Å². The fraction of sp³-hybridized carbons (Fsp3) is 0.0909. The number of hydrogen-bond donors (Lipinski definition) is 2. The van der Waals surface area contributed by atoms with Crippen LogP contribution in [0.5, 0.6) is 0 Å². The predicted octanol–water partition coefficient (Wildman–Crippen LogP) is 1.18. The smallest absolute Gasteiger partial charge is 0.334 e. The Hall–Kier alpha value is -1.82. The molecule has 2 rings (SSSR count). The van der Waals surface area contributed by atoms with Crippen molar-refractivity contribution in [3.63, 3.8) is 0 Å². The van der Waals surface area contributed by atoms with E-state index < -0.39 is 11.2 Å². The van der Waals surface area contributed by atoms with E-state index in [9.17, 15) is 9.59 Å². The Morgan fingerprint density at radius 2 is 1.82 bits per heavy atom. The Bertz CT molecular complexity index is 671. The lowest BCUT2D eigenvalue weighted by atomic mass is 10.2. The van der Waals surface area contributed by atoms with Gasteiger partial charge in [-0.1, -0.05) is 17.7 Å². The number of aromatic nitrogens is 2. The number of hydrogen-bond acceptors (Lipinski definition) is 3. The molecule has 17 heavy (non-hydrogen) atoms. The molecule has 0 saturated heterocycles. The van der Waals surface area contributed by atoms with Gasteiger partial charge in [0.2, 0.25) is 0 Å². The van der Waals surface area contributed by atoms with E-state index in [2.05, 4.69) is 20.9 Å². The Kier molecular flexibility index (Phi) is 2.89. The van der Waals surface area contributed by atoms with E-state index in [0.717, 1.165) is 5.56 Å². The first-order valence-electron chi connectivity index (χ1n) is 4.88. The average molecular weight is 296 g/mol. The summed E-state index contributed by atoms with van der Waals surface area (Å²) in [4.78, 5) is 25.2. The number of benzene rings is 1. The van der Waals surface area contributed by atoms with Gasteiger partial charge >= 0.3 is 5.69 Å². The number of H-pyrrole nitrogens is 1. The average Bonchev–Trinajstić information content (AvgIpc) is 2.29. The molecule has 5 nitrogen and oxygen atoms in total. The largest absolute Gasteiger partial charge is 0.384 e. The van der Waals surface area contributed by atoms with Gasteiger partial charge in [-0.3, -0.25) is 9.78 Å². The lowest BCUT2D eigenvalue weighted by molar-refractivity contribution is 0.900.